The van der Waals surface area contributed by atoms with Crippen LogP contribution < -0.4 is 10.1 Å². The van der Waals surface area contributed by atoms with Crippen LogP contribution in [0.1, 0.15) is 0 Å². The van der Waals surface area contributed by atoms with Crippen molar-refractivity contribution in [3.63, 3.8) is 0 Å². The van der Waals surface area contributed by atoms with Gasteiger partial charge in [-0.2, -0.15) is 4.68 Å². The minimum absolute atomic E-state index is 0.566. The van der Waals surface area contributed by atoms with Crippen LogP contribution in [-0.2, 0) is 0 Å². The van der Waals surface area contributed by atoms with E-state index >= 15 is 0 Å². The van der Waals surface area contributed by atoms with E-state index < -0.39 is 6.41 Å². The number of benzene rings is 1. The molecule has 8 heteroatoms. The molecule has 0 radical (unpaired) electrons. The van der Waals surface area contributed by atoms with Crippen molar-refractivity contribution in [3.05, 3.63) is 55.0 Å². The lowest BCUT2D eigenvalue weighted by Crippen LogP contribution is -2.25. The largest absolute Gasteiger partial charge is 0.447 e. The number of hydrogen-bond acceptors (Lipinski definition) is 7. The van der Waals surface area contributed by atoms with E-state index in [9.17, 15) is 5.11 Å². The molecular weight excluding hydrogens is 272 g/mol. The molecule has 0 bridgehead atoms. The second-order valence-electron chi connectivity index (χ2n) is 4.09. The number of nitrogens with zero attached hydrogens (tertiary/aromatic N) is 5. The Balaban J connectivity index is 1.62. The number of ether oxygens (including phenoxy) is 1. The highest BCUT2D eigenvalue weighted by molar-refractivity contribution is 5.43. The van der Waals surface area contributed by atoms with Crippen molar-refractivity contribution in [2.75, 3.05) is 5.32 Å². The van der Waals surface area contributed by atoms with Gasteiger partial charge in [0.15, 0.2) is 5.82 Å². The fourth-order valence-corrected chi connectivity index (χ4v) is 1.67. The summed E-state index contributed by atoms with van der Waals surface area (Å²) < 4.78 is 6.73. The van der Waals surface area contributed by atoms with Crippen LogP contribution in [0.3, 0.4) is 0 Å². The number of pyridine rings is 1. The Bertz CT molecular complexity index is 672. The molecule has 0 saturated carbocycles. The molecule has 0 spiro atoms. The summed E-state index contributed by atoms with van der Waals surface area (Å²) in [5.41, 5.74) is 0.607. The Labute approximate surface area is 120 Å². The third-order valence-corrected chi connectivity index (χ3v) is 2.61. The lowest BCUT2D eigenvalue weighted by Gasteiger charge is -2.15. The van der Waals surface area contributed by atoms with E-state index in [1.54, 1.807) is 30.5 Å². The molecule has 0 fully saturated rings. The maximum Gasteiger partial charge on any atom is 0.279 e. The Morgan fingerprint density at radius 2 is 2.00 bits per heavy atom. The first-order valence-electron chi connectivity index (χ1n) is 6.17. The van der Waals surface area contributed by atoms with Gasteiger partial charge < -0.3 is 15.2 Å². The summed E-state index contributed by atoms with van der Waals surface area (Å²) >= 11 is 0. The van der Waals surface area contributed by atoms with Crippen molar-refractivity contribution in [1.82, 2.24) is 25.2 Å². The molecule has 1 unspecified atom stereocenters. The van der Waals surface area contributed by atoms with E-state index in [2.05, 4.69) is 25.8 Å². The fourth-order valence-electron chi connectivity index (χ4n) is 1.67. The van der Waals surface area contributed by atoms with Gasteiger partial charge in [-0.15, -0.1) is 5.10 Å². The smallest absolute Gasteiger partial charge is 0.279 e. The van der Waals surface area contributed by atoms with Crippen molar-refractivity contribution < 1.29 is 9.84 Å². The van der Waals surface area contributed by atoms with Gasteiger partial charge in [-0.1, -0.05) is 18.2 Å². The number of anilines is 1. The van der Waals surface area contributed by atoms with E-state index in [1.165, 1.54) is 11.0 Å². The predicted octanol–water partition coefficient (Wildman–Crippen LogP) is 0.824. The van der Waals surface area contributed by atoms with Gasteiger partial charge in [0.25, 0.3) is 6.41 Å². The minimum atomic E-state index is -1.17. The Morgan fingerprint density at radius 1 is 1.14 bits per heavy atom. The Morgan fingerprint density at radius 3 is 2.67 bits per heavy atom. The van der Waals surface area contributed by atoms with E-state index in [-0.39, 0.29) is 0 Å². The van der Waals surface area contributed by atoms with Gasteiger partial charge in [0, 0.05) is 0 Å². The zero-order valence-corrected chi connectivity index (χ0v) is 10.9. The molecule has 3 aromatic rings. The van der Waals surface area contributed by atoms with Crippen molar-refractivity contribution in [1.29, 1.82) is 0 Å². The normalized spacial score (nSPS) is 11.9. The number of tetrazole rings is 1. The van der Waals surface area contributed by atoms with Gasteiger partial charge in [0.05, 0.1) is 11.9 Å². The van der Waals surface area contributed by atoms with Crippen molar-refractivity contribution in [2.24, 2.45) is 0 Å². The maximum atomic E-state index is 9.81. The van der Waals surface area contributed by atoms with Crippen LogP contribution in [0.4, 0.5) is 5.69 Å². The molecule has 1 aromatic carbocycles. The highest BCUT2D eigenvalue weighted by Crippen LogP contribution is 2.13. The first kappa shape index (κ1) is 13.0. The van der Waals surface area contributed by atoms with Gasteiger partial charge in [-0.25, -0.2) is 4.98 Å². The second kappa shape index (κ2) is 5.97. The van der Waals surface area contributed by atoms with Crippen LogP contribution in [0.25, 0.3) is 5.82 Å². The number of aromatic nitrogens is 5. The van der Waals surface area contributed by atoms with Crippen LogP contribution in [0.2, 0.25) is 0 Å². The van der Waals surface area contributed by atoms with Crippen molar-refractivity contribution in [3.8, 4) is 11.6 Å². The third kappa shape index (κ3) is 3.31. The zero-order valence-electron chi connectivity index (χ0n) is 10.9. The molecule has 0 amide bonds. The average molecular weight is 284 g/mol. The van der Waals surface area contributed by atoms with E-state index in [0.29, 0.717) is 17.3 Å². The number of para-hydroxylation sites is 1. The van der Waals surface area contributed by atoms with Gasteiger partial charge in [0.1, 0.15) is 12.1 Å². The number of aliphatic hydroxyl groups excluding tert-OH is 1. The standard InChI is InChI=1S/C13H12N6O2/c20-13(21-11-4-2-1-3-5-11)16-10-6-7-12(14-8-10)19-9-15-17-18-19/h1-9,13,16,20H. The molecule has 0 aliphatic heterocycles. The van der Waals surface area contributed by atoms with E-state index in [0.717, 1.165) is 0 Å². The lowest BCUT2D eigenvalue weighted by atomic mass is 10.3. The Kier molecular flexibility index (Phi) is 3.70. The molecule has 2 N–H and O–H groups in total. The summed E-state index contributed by atoms with van der Waals surface area (Å²) in [5, 5.41) is 23.4. The monoisotopic (exact) mass is 284 g/mol. The van der Waals surface area contributed by atoms with E-state index in [4.69, 9.17) is 4.74 Å². The van der Waals surface area contributed by atoms with Crippen LogP contribution in [0.15, 0.2) is 55.0 Å². The summed E-state index contributed by atoms with van der Waals surface area (Å²) in [4.78, 5) is 4.17. The summed E-state index contributed by atoms with van der Waals surface area (Å²) in [6, 6.07) is 12.5. The first-order valence-corrected chi connectivity index (χ1v) is 6.17. The van der Waals surface area contributed by atoms with Crippen LogP contribution in [0, 0.1) is 0 Å². The third-order valence-electron chi connectivity index (χ3n) is 2.61. The molecule has 2 aromatic heterocycles. The molecule has 1 atom stereocenters. The number of nitrogens with one attached hydrogen (secondary N) is 1. The molecule has 0 aliphatic rings. The highest BCUT2D eigenvalue weighted by atomic mass is 16.6. The molecule has 106 valence electrons. The second-order valence-corrected chi connectivity index (χ2v) is 4.09. The van der Waals surface area contributed by atoms with Gasteiger partial charge >= 0.3 is 0 Å². The molecule has 21 heavy (non-hydrogen) atoms. The summed E-state index contributed by atoms with van der Waals surface area (Å²) in [5.74, 6) is 1.14. The van der Waals surface area contributed by atoms with Crippen LogP contribution >= 0.6 is 0 Å². The van der Waals surface area contributed by atoms with Crippen LogP contribution in [-0.4, -0.2) is 36.7 Å². The van der Waals surface area contributed by atoms with Gasteiger partial charge in [0.2, 0.25) is 0 Å². The molecule has 8 nitrogen and oxygen atoms in total. The SMILES string of the molecule is OC(Nc1ccc(-n2cnnn2)nc1)Oc1ccccc1. The molecule has 2 heterocycles. The topological polar surface area (TPSA) is 98.0 Å². The quantitative estimate of drug-likeness (QED) is 0.669. The summed E-state index contributed by atoms with van der Waals surface area (Å²) in [6.45, 7) is 0. The summed E-state index contributed by atoms with van der Waals surface area (Å²) in [6.07, 6.45) is 1.82. The molecule has 0 saturated heterocycles. The predicted molar refractivity (Wildman–Crippen MR) is 73.6 cm³/mol. The number of aliphatic hydroxyl groups is 1. The average Bonchev–Trinajstić information content (AvgIpc) is 3.03. The molecular formula is C13H12N6O2. The van der Waals surface area contributed by atoms with Crippen molar-refractivity contribution in [2.45, 2.75) is 6.41 Å². The lowest BCUT2D eigenvalue weighted by molar-refractivity contribution is 0.00772. The number of hydrogen-bond donors (Lipinski definition) is 2. The summed E-state index contributed by atoms with van der Waals surface area (Å²) in [7, 11) is 0. The van der Waals surface area contributed by atoms with Gasteiger partial charge in [-0.3, -0.25) is 0 Å². The minimum Gasteiger partial charge on any atom is -0.447 e. The fraction of sp³-hybridized carbons (Fsp3) is 0.0769. The van der Waals surface area contributed by atoms with Gasteiger partial charge in [-0.05, 0) is 34.7 Å². The molecule has 0 aliphatic carbocycles. The number of rotatable bonds is 5. The first-order chi connectivity index (χ1) is 10.3. The van der Waals surface area contributed by atoms with E-state index in [1.807, 2.05) is 18.2 Å². The van der Waals surface area contributed by atoms with Crippen molar-refractivity contribution >= 4 is 5.69 Å². The van der Waals surface area contributed by atoms with Crippen LogP contribution in [0.5, 0.6) is 5.75 Å². The maximum absolute atomic E-state index is 9.81. The zero-order chi connectivity index (χ0) is 14.5. The Hall–Kier alpha value is -3.00. The molecule has 3 rings (SSSR count). The highest BCUT2D eigenvalue weighted by Gasteiger charge is 2.06.